The Labute approximate surface area is 138 Å². The summed E-state index contributed by atoms with van der Waals surface area (Å²) in [6.45, 7) is 1.76. The molecule has 1 N–H and O–H groups in total. The van der Waals surface area contributed by atoms with E-state index in [1.54, 1.807) is 21.9 Å². The van der Waals surface area contributed by atoms with Gasteiger partial charge >= 0.3 is 0 Å². The molecule has 2 heterocycles. The van der Waals surface area contributed by atoms with E-state index >= 15 is 0 Å². The van der Waals surface area contributed by atoms with Gasteiger partial charge in [-0.05, 0) is 12.8 Å². The van der Waals surface area contributed by atoms with Crippen molar-refractivity contribution in [2.24, 2.45) is 7.05 Å². The van der Waals surface area contributed by atoms with E-state index < -0.39 is 10.2 Å². The lowest BCUT2D eigenvalue weighted by molar-refractivity contribution is 0.216. The number of piperazine rings is 1. The van der Waals surface area contributed by atoms with Crippen molar-refractivity contribution in [1.82, 2.24) is 23.5 Å². The van der Waals surface area contributed by atoms with Crippen LogP contribution in [0.25, 0.3) is 0 Å². The monoisotopic (exact) mass is 341 g/mol. The summed E-state index contributed by atoms with van der Waals surface area (Å²) in [5.41, 5.74) is 0. The summed E-state index contributed by atoms with van der Waals surface area (Å²) in [7, 11) is 0.168. The van der Waals surface area contributed by atoms with Crippen LogP contribution in [0.3, 0.4) is 0 Å². The van der Waals surface area contributed by atoms with E-state index in [-0.39, 0.29) is 12.1 Å². The summed E-state index contributed by atoms with van der Waals surface area (Å²) in [6.07, 6.45) is 8.97. The maximum atomic E-state index is 13.2. The van der Waals surface area contributed by atoms with Gasteiger partial charge < -0.3 is 9.88 Å². The minimum Gasteiger partial charge on any atom is -0.337 e. The van der Waals surface area contributed by atoms with Crippen molar-refractivity contribution < 1.29 is 8.42 Å². The predicted molar refractivity (Wildman–Crippen MR) is 89.1 cm³/mol. The summed E-state index contributed by atoms with van der Waals surface area (Å²) in [4.78, 5) is 4.37. The standard InChI is InChI=1S/C15H27N5O2S/c1-18-10-9-17-15(18)14-12-16-8-11-20(14)23(21,22)19(2)13-6-4-3-5-7-13/h9-10,13-14,16H,3-8,11-12H2,1-2H3. The van der Waals surface area contributed by atoms with Crippen LogP contribution in [0.4, 0.5) is 0 Å². The fraction of sp³-hybridized carbons (Fsp3) is 0.800. The normalized spacial score (nSPS) is 25.1. The first-order valence-corrected chi connectivity index (χ1v) is 9.84. The van der Waals surface area contributed by atoms with Gasteiger partial charge in [0, 0.05) is 52.2 Å². The lowest BCUT2D eigenvalue weighted by Crippen LogP contribution is -2.55. The van der Waals surface area contributed by atoms with Crippen LogP contribution in [0.15, 0.2) is 12.4 Å². The molecule has 2 fully saturated rings. The molecule has 8 heteroatoms. The number of rotatable bonds is 4. The molecule has 130 valence electrons. The van der Waals surface area contributed by atoms with Gasteiger partial charge in [-0.3, -0.25) is 0 Å². The van der Waals surface area contributed by atoms with Gasteiger partial charge in [0.2, 0.25) is 0 Å². The SMILES string of the molecule is CN(C1CCCCC1)S(=O)(=O)N1CCNCC1c1nccn1C. The molecule has 0 bridgehead atoms. The van der Waals surface area contributed by atoms with Gasteiger partial charge in [0.25, 0.3) is 10.2 Å². The molecule has 0 amide bonds. The second-order valence-electron chi connectivity index (χ2n) is 6.54. The van der Waals surface area contributed by atoms with Crippen molar-refractivity contribution in [3.05, 3.63) is 18.2 Å². The Morgan fingerprint density at radius 2 is 2.04 bits per heavy atom. The third-order valence-corrected chi connectivity index (χ3v) is 7.16. The average Bonchev–Trinajstić information content (AvgIpc) is 3.01. The van der Waals surface area contributed by atoms with Gasteiger partial charge in [-0.15, -0.1) is 0 Å². The largest absolute Gasteiger partial charge is 0.337 e. The van der Waals surface area contributed by atoms with Gasteiger partial charge in [-0.1, -0.05) is 19.3 Å². The van der Waals surface area contributed by atoms with Gasteiger partial charge in [0.05, 0.1) is 6.04 Å². The summed E-state index contributed by atoms with van der Waals surface area (Å²) < 4.78 is 31.5. The van der Waals surface area contributed by atoms with Crippen LogP contribution in [0.1, 0.15) is 44.0 Å². The third-order valence-electron chi connectivity index (χ3n) is 5.10. The van der Waals surface area contributed by atoms with Crippen molar-refractivity contribution >= 4 is 10.2 Å². The smallest absolute Gasteiger partial charge is 0.282 e. The van der Waals surface area contributed by atoms with E-state index in [0.29, 0.717) is 19.6 Å². The molecule has 1 atom stereocenters. The fourth-order valence-corrected chi connectivity index (χ4v) is 5.41. The Bertz CT molecular complexity index is 624. The van der Waals surface area contributed by atoms with Crippen molar-refractivity contribution in [3.63, 3.8) is 0 Å². The zero-order valence-electron chi connectivity index (χ0n) is 14.0. The maximum absolute atomic E-state index is 13.2. The van der Waals surface area contributed by atoms with Crippen LogP contribution in [0.5, 0.6) is 0 Å². The quantitative estimate of drug-likeness (QED) is 0.882. The molecule has 3 rings (SSSR count). The summed E-state index contributed by atoms with van der Waals surface area (Å²) >= 11 is 0. The van der Waals surface area contributed by atoms with E-state index in [1.807, 2.05) is 17.8 Å². The zero-order chi connectivity index (χ0) is 16.4. The zero-order valence-corrected chi connectivity index (χ0v) is 14.8. The molecule has 1 aliphatic carbocycles. The van der Waals surface area contributed by atoms with Crippen molar-refractivity contribution in [3.8, 4) is 0 Å². The number of nitrogens with one attached hydrogen (secondary N) is 1. The van der Waals surface area contributed by atoms with E-state index in [9.17, 15) is 8.42 Å². The molecule has 0 radical (unpaired) electrons. The second-order valence-corrected chi connectivity index (χ2v) is 8.48. The Kier molecular flexibility index (Phi) is 5.05. The Hall–Kier alpha value is -0.960. The molecule has 1 aromatic heterocycles. The van der Waals surface area contributed by atoms with E-state index in [0.717, 1.165) is 31.5 Å². The summed E-state index contributed by atoms with van der Waals surface area (Å²) in [6, 6.07) is -0.120. The molecule has 1 saturated carbocycles. The van der Waals surface area contributed by atoms with Gasteiger partial charge in [0.15, 0.2) is 0 Å². The van der Waals surface area contributed by atoms with Gasteiger partial charge in [-0.25, -0.2) is 4.98 Å². The highest BCUT2D eigenvalue weighted by Crippen LogP contribution is 2.29. The molecule has 1 unspecified atom stereocenters. The van der Waals surface area contributed by atoms with Gasteiger partial charge in [-0.2, -0.15) is 17.0 Å². The highest BCUT2D eigenvalue weighted by molar-refractivity contribution is 7.86. The highest BCUT2D eigenvalue weighted by atomic mass is 32.2. The first-order valence-electron chi connectivity index (χ1n) is 8.44. The maximum Gasteiger partial charge on any atom is 0.282 e. The van der Waals surface area contributed by atoms with E-state index in [4.69, 9.17) is 0 Å². The summed E-state index contributed by atoms with van der Waals surface area (Å²) in [5.74, 6) is 0.790. The van der Waals surface area contributed by atoms with Crippen LogP contribution in [-0.2, 0) is 17.3 Å². The molecular weight excluding hydrogens is 314 g/mol. The van der Waals surface area contributed by atoms with Gasteiger partial charge in [0.1, 0.15) is 5.82 Å². The summed E-state index contributed by atoms with van der Waals surface area (Å²) in [5, 5.41) is 3.29. The lowest BCUT2D eigenvalue weighted by atomic mass is 9.96. The number of nitrogens with zero attached hydrogens (tertiary/aromatic N) is 4. The molecule has 2 aliphatic rings. The highest BCUT2D eigenvalue weighted by Gasteiger charge is 2.39. The molecule has 1 saturated heterocycles. The van der Waals surface area contributed by atoms with Crippen LogP contribution >= 0.6 is 0 Å². The van der Waals surface area contributed by atoms with Crippen LogP contribution in [-0.4, -0.2) is 59.3 Å². The molecule has 1 aromatic rings. The second kappa shape index (κ2) is 6.88. The Morgan fingerprint density at radius 3 is 2.70 bits per heavy atom. The number of hydrogen-bond acceptors (Lipinski definition) is 4. The van der Waals surface area contributed by atoms with Crippen molar-refractivity contribution in [2.75, 3.05) is 26.7 Å². The number of aryl methyl sites for hydroxylation is 1. The third kappa shape index (κ3) is 3.31. The molecule has 23 heavy (non-hydrogen) atoms. The van der Waals surface area contributed by atoms with E-state index in [1.165, 1.54) is 6.42 Å². The first kappa shape index (κ1) is 16.9. The molecule has 0 spiro atoms. The van der Waals surface area contributed by atoms with Crippen molar-refractivity contribution in [1.29, 1.82) is 0 Å². The molecule has 0 aromatic carbocycles. The predicted octanol–water partition coefficient (Wildman–Crippen LogP) is 0.876. The number of hydrogen-bond donors (Lipinski definition) is 1. The van der Waals surface area contributed by atoms with Crippen molar-refractivity contribution in [2.45, 2.75) is 44.2 Å². The van der Waals surface area contributed by atoms with Crippen LogP contribution in [0.2, 0.25) is 0 Å². The fourth-order valence-electron chi connectivity index (χ4n) is 3.68. The first-order chi connectivity index (χ1) is 11.0. The average molecular weight is 341 g/mol. The Balaban J connectivity index is 1.85. The van der Waals surface area contributed by atoms with E-state index in [2.05, 4.69) is 10.3 Å². The molecular formula is C15H27N5O2S. The lowest BCUT2D eigenvalue weighted by Gasteiger charge is -2.39. The number of aromatic nitrogens is 2. The molecule has 7 nitrogen and oxygen atoms in total. The van der Waals surface area contributed by atoms with Crippen LogP contribution in [0, 0.1) is 0 Å². The molecule has 1 aliphatic heterocycles. The van der Waals surface area contributed by atoms with Crippen LogP contribution < -0.4 is 5.32 Å². The minimum atomic E-state index is -3.48. The minimum absolute atomic E-state index is 0.130. The topological polar surface area (TPSA) is 70.5 Å². The number of imidazole rings is 1. The Morgan fingerprint density at radius 1 is 1.30 bits per heavy atom.